The molecule has 0 unspecified atom stereocenters. The van der Waals surface area contributed by atoms with Gasteiger partial charge < -0.3 is 14.0 Å². The number of halogens is 2. The molecule has 0 aliphatic carbocycles. The van der Waals surface area contributed by atoms with E-state index in [0.29, 0.717) is 34.9 Å². The number of rotatable bonds is 7. The zero-order valence-electron chi connectivity index (χ0n) is 15.2. The Labute approximate surface area is 176 Å². The minimum Gasteiger partial charge on any atom is -0.490 e. The highest BCUT2D eigenvalue weighted by Crippen LogP contribution is 2.30. The highest BCUT2D eigenvalue weighted by molar-refractivity contribution is 14.1. The third kappa shape index (κ3) is 5.10. The number of ether oxygens (including phenoxy) is 2. The Bertz CT molecular complexity index is 930. The molecular weight excluding hydrogens is 481 g/mol. The normalized spacial score (nSPS) is 11.0. The predicted octanol–water partition coefficient (Wildman–Crippen LogP) is 5.63. The Morgan fingerprint density at radius 2 is 1.96 bits per heavy atom. The summed E-state index contributed by atoms with van der Waals surface area (Å²) >= 11 is 8.32. The van der Waals surface area contributed by atoms with Crippen molar-refractivity contribution in [3.05, 3.63) is 39.1 Å². The van der Waals surface area contributed by atoms with Gasteiger partial charge in [0.2, 0.25) is 11.7 Å². The second-order valence-electron chi connectivity index (χ2n) is 6.10. The summed E-state index contributed by atoms with van der Waals surface area (Å²) in [6.45, 7) is 6.57. The molecule has 3 aromatic rings. The second-order valence-corrected chi connectivity index (χ2v) is 7.65. The number of pyridine rings is 1. The highest BCUT2D eigenvalue weighted by Gasteiger charge is 2.15. The van der Waals surface area contributed by atoms with Gasteiger partial charge in [-0.25, -0.2) is 4.98 Å². The van der Waals surface area contributed by atoms with E-state index in [0.717, 1.165) is 21.3 Å². The average molecular weight is 500 g/mol. The smallest absolute Gasteiger partial charge is 0.258 e. The van der Waals surface area contributed by atoms with Crippen LogP contribution in [0.1, 0.15) is 27.2 Å². The Balaban J connectivity index is 1.87. The molecule has 0 N–H and O–H groups in total. The van der Waals surface area contributed by atoms with Gasteiger partial charge in [-0.1, -0.05) is 23.7 Å². The maximum atomic E-state index is 6.09. The largest absolute Gasteiger partial charge is 0.490 e. The van der Waals surface area contributed by atoms with Gasteiger partial charge in [-0.05, 0) is 67.1 Å². The van der Waals surface area contributed by atoms with Gasteiger partial charge in [-0.3, -0.25) is 0 Å². The van der Waals surface area contributed by atoms with Crippen LogP contribution in [0.15, 0.2) is 34.9 Å². The third-order valence-electron chi connectivity index (χ3n) is 3.45. The summed E-state index contributed by atoms with van der Waals surface area (Å²) in [5.74, 6) is 2.11. The van der Waals surface area contributed by atoms with Gasteiger partial charge in [0, 0.05) is 17.2 Å². The molecule has 8 heteroatoms. The molecule has 0 aliphatic rings. The summed E-state index contributed by atoms with van der Waals surface area (Å²) in [4.78, 5) is 8.63. The Morgan fingerprint density at radius 3 is 2.67 bits per heavy atom. The van der Waals surface area contributed by atoms with Crippen LogP contribution < -0.4 is 9.47 Å². The highest BCUT2D eigenvalue weighted by atomic mass is 127. The molecule has 0 saturated carbocycles. The lowest BCUT2D eigenvalue weighted by molar-refractivity contribution is 0.240. The molecule has 27 heavy (non-hydrogen) atoms. The standard InChI is InChI=1S/C19H19ClIN3O3/c1-4-7-25-17-10-13(9-16(20)22-17)19-23-18(24-27-19)12-5-6-15(14(21)8-12)26-11(2)3/h5-6,8-11H,4,7H2,1-3H3. The van der Waals surface area contributed by atoms with Crippen LogP contribution in [0.4, 0.5) is 0 Å². The van der Waals surface area contributed by atoms with Gasteiger partial charge in [0.15, 0.2) is 0 Å². The number of nitrogens with zero attached hydrogens (tertiary/aromatic N) is 3. The van der Waals surface area contributed by atoms with Crippen molar-refractivity contribution in [3.8, 4) is 34.5 Å². The first-order valence-electron chi connectivity index (χ1n) is 8.57. The van der Waals surface area contributed by atoms with Gasteiger partial charge in [-0.15, -0.1) is 0 Å². The fraction of sp³-hybridized carbons (Fsp3) is 0.316. The topological polar surface area (TPSA) is 70.3 Å². The molecular formula is C19H19ClIN3O3. The zero-order valence-corrected chi connectivity index (χ0v) is 18.1. The Kier molecular flexibility index (Phi) is 6.54. The van der Waals surface area contributed by atoms with Crippen LogP contribution >= 0.6 is 34.2 Å². The molecule has 3 rings (SSSR count). The van der Waals surface area contributed by atoms with Crippen LogP contribution in [0.5, 0.6) is 11.6 Å². The summed E-state index contributed by atoms with van der Waals surface area (Å²) in [6.07, 6.45) is 0.991. The molecule has 1 aromatic carbocycles. The van der Waals surface area contributed by atoms with Crippen LogP contribution in [0.2, 0.25) is 5.15 Å². The first-order valence-corrected chi connectivity index (χ1v) is 10.0. The van der Waals surface area contributed by atoms with E-state index < -0.39 is 0 Å². The quantitative estimate of drug-likeness (QED) is 0.310. The monoisotopic (exact) mass is 499 g/mol. The van der Waals surface area contributed by atoms with Crippen molar-refractivity contribution in [2.75, 3.05) is 6.61 Å². The molecule has 0 amide bonds. The zero-order chi connectivity index (χ0) is 19.4. The van der Waals surface area contributed by atoms with Crippen LogP contribution in [0, 0.1) is 3.57 Å². The van der Waals surface area contributed by atoms with Gasteiger partial charge >= 0.3 is 0 Å². The average Bonchev–Trinajstić information content (AvgIpc) is 3.11. The van der Waals surface area contributed by atoms with Crippen molar-refractivity contribution in [3.63, 3.8) is 0 Å². The first kappa shape index (κ1) is 19.9. The first-order chi connectivity index (χ1) is 13.0. The molecule has 2 heterocycles. The number of benzene rings is 1. The Morgan fingerprint density at radius 1 is 1.15 bits per heavy atom. The summed E-state index contributed by atoms with van der Waals surface area (Å²) < 4.78 is 17.7. The van der Waals surface area contributed by atoms with E-state index in [-0.39, 0.29) is 6.10 Å². The van der Waals surface area contributed by atoms with Gasteiger partial charge in [0.1, 0.15) is 10.9 Å². The van der Waals surface area contributed by atoms with E-state index in [1.165, 1.54) is 0 Å². The predicted molar refractivity (Wildman–Crippen MR) is 112 cm³/mol. The van der Waals surface area contributed by atoms with Crippen LogP contribution in [0.25, 0.3) is 22.8 Å². The van der Waals surface area contributed by atoms with Crippen molar-refractivity contribution in [2.24, 2.45) is 0 Å². The van der Waals surface area contributed by atoms with Crippen LogP contribution in [-0.4, -0.2) is 27.8 Å². The number of aromatic nitrogens is 3. The fourth-order valence-electron chi connectivity index (χ4n) is 2.32. The summed E-state index contributed by atoms with van der Waals surface area (Å²) in [7, 11) is 0. The van der Waals surface area contributed by atoms with E-state index >= 15 is 0 Å². The molecule has 2 aromatic heterocycles. The molecule has 0 atom stereocenters. The number of hydrogen-bond donors (Lipinski definition) is 0. The molecule has 0 saturated heterocycles. The van der Waals surface area contributed by atoms with Gasteiger partial charge in [-0.2, -0.15) is 4.98 Å². The van der Waals surface area contributed by atoms with E-state index in [2.05, 4.69) is 37.7 Å². The van der Waals surface area contributed by atoms with Crippen molar-refractivity contribution in [2.45, 2.75) is 33.3 Å². The number of hydrogen-bond acceptors (Lipinski definition) is 6. The molecule has 0 fully saturated rings. The molecule has 142 valence electrons. The molecule has 0 radical (unpaired) electrons. The molecule has 0 bridgehead atoms. The van der Waals surface area contributed by atoms with E-state index in [1.54, 1.807) is 12.1 Å². The third-order valence-corrected chi connectivity index (χ3v) is 4.49. The van der Waals surface area contributed by atoms with E-state index in [1.807, 2.05) is 39.0 Å². The van der Waals surface area contributed by atoms with E-state index in [4.69, 9.17) is 25.6 Å². The summed E-state index contributed by atoms with van der Waals surface area (Å²) in [5, 5.41) is 4.39. The second kappa shape index (κ2) is 8.88. The lowest BCUT2D eigenvalue weighted by atomic mass is 10.2. The maximum Gasteiger partial charge on any atom is 0.258 e. The van der Waals surface area contributed by atoms with Crippen molar-refractivity contribution in [1.82, 2.24) is 15.1 Å². The van der Waals surface area contributed by atoms with Crippen molar-refractivity contribution < 1.29 is 14.0 Å². The van der Waals surface area contributed by atoms with Crippen molar-refractivity contribution in [1.29, 1.82) is 0 Å². The van der Waals surface area contributed by atoms with Gasteiger partial charge in [0.05, 0.1) is 16.3 Å². The Hall–Kier alpha value is -1.87. The SMILES string of the molecule is CCCOc1cc(-c2nc(-c3ccc(OC(C)C)c(I)c3)no2)cc(Cl)n1. The van der Waals surface area contributed by atoms with Crippen LogP contribution in [0.3, 0.4) is 0 Å². The molecule has 6 nitrogen and oxygen atoms in total. The minimum atomic E-state index is 0.113. The van der Waals surface area contributed by atoms with Gasteiger partial charge in [0.25, 0.3) is 5.89 Å². The van der Waals surface area contributed by atoms with Crippen LogP contribution in [-0.2, 0) is 0 Å². The van der Waals surface area contributed by atoms with E-state index in [9.17, 15) is 0 Å². The lowest BCUT2D eigenvalue weighted by Crippen LogP contribution is -2.06. The summed E-state index contributed by atoms with van der Waals surface area (Å²) in [6, 6.07) is 9.18. The maximum absolute atomic E-state index is 6.09. The lowest BCUT2D eigenvalue weighted by Gasteiger charge is -2.11. The minimum absolute atomic E-state index is 0.113. The fourth-order valence-corrected chi connectivity index (χ4v) is 3.17. The van der Waals surface area contributed by atoms with Crippen molar-refractivity contribution >= 4 is 34.2 Å². The molecule has 0 aliphatic heterocycles. The molecule has 0 spiro atoms. The summed E-state index contributed by atoms with van der Waals surface area (Å²) in [5.41, 5.74) is 1.50.